The molecule has 7 heteroatoms. The maximum absolute atomic E-state index is 13.1. The number of benzene rings is 3. The number of hydrogen-bond donors (Lipinski definition) is 2. The van der Waals surface area contributed by atoms with Gasteiger partial charge in [-0.1, -0.05) is 30.3 Å². The highest BCUT2D eigenvalue weighted by Gasteiger charge is 2.34. The van der Waals surface area contributed by atoms with E-state index in [2.05, 4.69) is 10.6 Å². The van der Waals surface area contributed by atoms with Gasteiger partial charge < -0.3 is 20.3 Å². The summed E-state index contributed by atoms with van der Waals surface area (Å²) in [5, 5.41) is 7.85. The molecule has 1 saturated heterocycles. The molecule has 1 fully saturated rings. The minimum atomic E-state index is -0.465. The van der Waals surface area contributed by atoms with Gasteiger partial charge in [0, 0.05) is 30.8 Å². The van der Waals surface area contributed by atoms with Gasteiger partial charge in [0.05, 0.1) is 7.11 Å². The van der Waals surface area contributed by atoms with Gasteiger partial charge in [-0.2, -0.15) is 0 Å². The van der Waals surface area contributed by atoms with Crippen molar-refractivity contribution in [3.63, 3.8) is 0 Å². The van der Waals surface area contributed by atoms with E-state index >= 15 is 0 Å². The van der Waals surface area contributed by atoms with Crippen molar-refractivity contribution in [2.24, 2.45) is 0 Å². The lowest BCUT2D eigenvalue weighted by molar-refractivity contribution is -0.124. The summed E-state index contributed by atoms with van der Waals surface area (Å²) in [6.07, 6.45) is 2.05. The molecule has 2 N–H and O–H groups in total. The normalized spacial score (nSPS) is 15.2. The van der Waals surface area contributed by atoms with Crippen LogP contribution in [0.3, 0.4) is 0 Å². The van der Waals surface area contributed by atoms with E-state index in [1.165, 1.54) is 0 Å². The van der Waals surface area contributed by atoms with Gasteiger partial charge in [-0.25, -0.2) is 0 Å². The third-order valence-corrected chi connectivity index (χ3v) is 6.10. The molecule has 0 bridgehead atoms. The summed E-state index contributed by atoms with van der Waals surface area (Å²) in [5.41, 5.74) is 1.15. The third-order valence-electron chi connectivity index (χ3n) is 6.10. The molecule has 0 aliphatic carbocycles. The molecule has 1 heterocycles. The molecule has 1 aliphatic heterocycles. The standard InChI is InChI=1S/C27H29N3O4/c1-34-23-13-11-20(12-14-23)25(31)28-15-5-16-29-26(32)24-8-4-17-30(24)27(33)22-10-9-19-6-2-3-7-21(19)18-22/h2-3,6-7,9-14,18,24H,4-5,8,15-17H2,1H3,(H,28,31)(H,29,32)/t24-/m0/s1. The number of methoxy groups -OCH3 is 1. The second kappa shape index (κ2) is 10.8. The van der Waals surface area contributed by atoms with Crippen LogP contribution in [0.15, 0.2) is 66.7 Å². The number of nitrogens with one attached hydrogen (secondary N) is 2. The molecule has 0 aromatic heterocycles. The molecular formula is C27H29N3O4. The van der Waals surface area contributed by atoms with E-state index in [-0.39, 0.29) is 17.7 Å². The first-order chi connectivity index (χ1) is 16.6. The van der Waals surface area contributed by atoms with E-state index in [4.69, 9.17) is 4.74 Å². The zero-order valence-electron chi connectivity index (χ0n) is 19.3. The number of carbonyl (C=O) groups excluding carboxylic acids is 3. The lowest BCUT2D eigenvalue weighted by Crippen LogP contribution is -2.46. The van der Waals surface area contributed by atoms with E-state index in [1.807, 2.05) is 42.5 Å². The number of nitrogens with zero attached hydrogens (tertiary/aromatic N) is 1. The molecule has 176 valence electrons. The van der Waals surface area contributed by atoms with Crippen LogP contribution in [0, 0.1) is 0 Å². The zero-order valence-corrected chi connectivity index (χ0v) is 19.3. The summed E-state index contributed by atoms with van der Waals surface area (Å²) >= 11 is 0. The first-order valence-electron chi connectivity index (χ1n) is 11.6. The van der Waals surface area contributed by atoms with Gasteiger partial charge in [-0.05, 0) is 66.4 Å². The highest BCUT2D eigenvalue weighted by molar-refractivity contribution is 6.01. The van der Waals surface area contributed by atoms with Crippen LogP contribution in [0.2, 0.25) is 0 Å². The molecule has 34 heavy (non-hydrogen) atoms. The summed E-state index contributed by atoms with van der Waals surface area (Å²) < 4.78 is 5.09. The lowest BCUT2D eigenvalue weighted by Gasteiger charge is -2.24. The molecule has 0 spiro atoms. The van der Waals surface area contributed by atoms with Crippen LogP contribution in [0.25, 0.3) is 10.8 Å². The minimum Gasteiger partial charge on any atom is -0.497 e. The third kappa shape index (κ3) is 5.36. The summed E-state index contributed by atoms with van der Waals surface area (Å²) in [7, 11) is 1.58. The van der Waals surface area contributed by atoms with Crippen molar-refractivity contribution in [2.45, 2.75) is 25.3 Å². The number of hydrogen-bond acceptors (Lipinski definition) is 4. The lowest BCUT2D eigenvalue weighted by atomic mass is 10.1. The quantitative estimate of drug-likeness (QED) is 0.506. The Morgan fingerprint density at radius 3 is 2.38 bits per heavy atom. The van der Waals surface area contributed by atoms with Crippen molar-refractivity contribution in [1.29, 1.82) is 0 Å². The maximum atomic E-state index is 13.1. The Labute approximate surface area is 199 Å². The largest absolute Gasteiger partial charge is 0.497 e. The summed E-state index contributed by atoms with van der Waals surface area (Å²) in [4.78, 5) is 39.8. The van der Waals surface area contributed by atoms with Gasteiger partial charge in [-0.3, -0.25) is 14.4 Å². The SMILES string of the molecule is COc1ccc(C(=O)NCCCNC(=O)[C@@H]2CCCN2C(=O)c2ccc3ccccc3c2)cc1. The predicted molar refractivity (Wildman–Crippen MR) is 131 cm³/mol. The molecule has 7 nitrogen and oxygen atoms in total. The molecule has 1 atom stereocenters. The molecule has 1 aliphatic rings. The van der Waals surface area contributed by atoms with Crippen LogP contribution >= 0.6 is 0 Å². The Morgan fingerprint density at radius 2 is 1.62 bits per heavy atom. The van der Waals surface area contributed by atoms with Crippen LogP contribution in [0.1, 0.15) is 40.0 Å². The van der Waals surface area contributed by atoms with Gasteiger partial charge in [0.25, 0.3) is 11.8 Å². The molecule has 3 aromatic carbocycles. The van der Waals surface area contributed by atoms with Crippen LogP contribution in [-0.4, -0.2) is 55.4 Å². The van der Waals surface area contributed by atoms with Crippen molar-refractivity contribution in [3.8, 4) is 5.75 Å². The van der Waals surface area contributed by atoms with Crippen LogP contribution in [0.4, 0.5) is 0 Å². The molecule has 0 unspecified atom stereocenters. The van der Waals surface area contributed by atoms with Crippen molar-refractivity contribution in [3.05, 3.63) is 77.9 Å². The molecule has 3 aromatic rings. The first-order valence-corrected chi connectivity index (χ1v) is 11.6. The van der Waals surface area contributed by atoms with Crippen LogP contribution in [0.5, 0.6) is 5.75 Å². The molecule has 0 radical (unpaired) electrons. The monoisotopic (exact) mass is 459 g/mol. The van der Waals surface area contributed by atoms with E-state index < -0.39 is 6.04 Å². The van der Waals surface area contributed by atoms with Crippen molar-refractivity contribution >= 4 is 28.5 Å². The Bertz CT molecular complexity index is 1180. The van der Waals surface area contributed by atoms with Gasteiger partial charge in [-0.15, -0.1) is 0 Å². The van der Waals surface area contributed by atoms with Crippen molar-refractivity contribution in [1.82, 2.24) is 15.5 Å². The topological polar surface area (TPSA) is 87.7 Å². The number of likely N-dealkylation sites (tertiary alicyclic amines) is 1. The smallest absolute Gasteiger partial charge is 0.254 e. The average Bonchev–Trinajstić information content (AvgIpc) is 3.37. The number of carbonyl (C=O) groups is 3. The van der Waals surface area contributed by atoms with Crippen molar-refractivity contribution < 1.29 is 19.1 Å². The predicted octanol–water partition coefficient (Wildman–Crippen LogP) is 3.39. The van der Waals surface area contributed by atoms with Gasteiger partial charge in [0.1, 0.15) is 11.8 Å². The second-order valence-electron chi connectivity index (χ2n) is 8.35. The highest BCUT2D eigenvalue weighted by Crippen LogP contribution is 2.23. The fourth-order valence-corrected chi connectivity index (χ4v) is 4.23. The maximum Gasteiger partial charge on any atom is 0.254 e. The first kappa shape index (κ1) is 23.3. The Hall–Kier alpha value is -3.87. The number of amides is 3. The summed E-state index contributed by atoms with van der Waals surface area (Å²) in [6.45, 7) is 1.44. The van der Waals surface area contributed by atoms with Gasteiger partial charge >= 0.3 is 0 Å². The van der Waals surface area contributed by atoms with E-state index in [0.29, 0.717) is 49.4 Å². The Morgan fingerprint density at radius 1 is 0.912 bits per heavy atom. The summed E-state index contributed by atoms with van der Waals surface area (Å²) in [6, 6.07) is 20.0. The van der Waals surface area contributed by atoms with E-state index in [9.17, 15) is 14.4 Å². The van der Waals surface area contributed by atoms with Crippen LogP contribution in [-0.2, 0) is 4.79 Å². The number of fused-ring (bicyclic) bond motifs is 1. The zero-order chi connectivity index (χ0) is 23.9. The fourth-order valence-electron chi connectivity index (χ4n) is 4.23. The van der Waals surface area contributed by atoms with E-state index in [1.54, 1.807) is 36.3 Å². The average molecular weight is 460 g/mol. The number of rotatable bonds is 8. The minimum absolute atomic E-state index is 0.116. The second-order valence-corrected chi connectivity index (χ2v) is 8.35. The van der Waals surface area contributed by atoms with Gasteiger partial charge in [0.2, 0.25) is 5.91 Å². The summed E-state index contributed by atoms with van der Waals surface area (Å²) in [5.74, 6) is 0.263. The molecule has 0 saturated carbocycles. The highest BCUT2D eigenvalue weighted by atomic mass is 16.5. The number of ether oxygens (including phenoxy) is 1. The molecule has 3 amide bonds. The van der Waals surface area contributed by atoms with Gasteiger partial charge in [0.15, 0.2) is 0 Å². The molecule has 4 rings (SSSR count). The van der Waals surface area contributed by atoms with Crippen LogP contribution < -0.4 is 15.4 Å². The van der Waals surface area contributed by atoms with E-state index in [0.717, 1.165) is 17.2 Å². The fraction of sp³-hybridized carbons (Fsp3) is 0.296. The Balaban J connectivity index is 1.25. The molecular weight excluding hydrogens is 430 g/mol. The van der Waals surface area contributed by atoms with Crippen molar-refractivity contribution in [2.75, 3.05) is 26.7 Å². The Kier molecular flexibility index (Phi) is 7.42.